The second-order valence-electron chi connectivity index (χ2n) is 5.32. The van der Waals surface area contributed by atoms with E-state index in [1.165, 1.54) is 0 Å². The summed E-state index contributed by atoms with van der Waals surface area (Å²) in [4.78, 5) is 26.8. The molecule has 0 radical (unpaired) electrons. The average Bonchev–Trinajstić information content (AvgIpc) is 3.07. The fraction of sp³-hybridized carbons (Fsp3) is 0.294. The summed E-state index contributed by atoms with van der Waals surface area (Å²) in [6.07, 6.45) is 0. The van der Waals surface area contributed by atoms with Gasteiger partial charge in [-0.2, -0.15) is 0 Å². The number of esters is 1. The van der Waals surface area contributed by atoms with E-state index in [1.807, 2.05) is 55.6 Å². The molecule has 0 saturated carbocycles. The largest absolute Gasteiger partial charge is 0.452 e. The maximum absolute atomic E-state index is 11.9. The number of hydrogen-bond donors (Lipinski definition) is 1. The standard InChI is InChI=1S/C17H20N2O3S/c1-12(15-5-4-10-23-15)18-16(20)11-22-17(21)13-6-8-14(9-7-13)19(2)3/h4-10,12H,11H2,1-3H3,(H,18,20). The van der Waals surface area contributed by atoms with Crippen molar-refractivity contribution in [3.63, 3.8) is 0 Å². The summed E-state index contributed by atoms with van der Waals surface area (Å²) in [5.41, 5.74) is 1.42. The number of benzene rings is 1. The van der Waals surface area contributed by atoms with Crippen molar-refractivity contribution in [1.29, 1.82) is 0 Å². The minimum atomic E-state index is -0.505. The second-order valence-corrected chi connectivity index (χ2v) is 6.30. The number of carbonyl (C=O) groups is 2. The van der Waals surface area contributed by atoms with Crippen LogP contribution in [-0.4, -0.2) is 32.6 Å². The third kappa shape index (κ3) is 4.82. The third-order valence-electron chi connectivity index (χ3n) is 3.30. The van der Waals surface area contributed by atoms with E-state index in [4.69, 9.17) is 4.74 Å². The van der Waals surface area contributed by atoms with Crippen LogP contribution >= 0.6 is 11.3 Å². The zero-order valence-corrected chi connectivity index (χ0v) is 14.2. The van der Waals surface area contributed by atoms with Crippen LogP contribution in [0, 0.1) is 0 Å². The van der Waals surface area contributed by atoms with Gasteiger partial charge in [0.25, 0.3) is 5.91 Å². The topological polar surface area (TPSA) is 58.6 Å². The lowest BCUT2D eigenvalue weighted by Gasteiger charge is -2.13. The first kappa shape index (κ1) is 17.0. The van der Waals surface area contributed by atoms with Gasteiger partial charge < -0.3 is 15.0 Å². The minimum absolute atomic E-state index is 0.0967. The molecule has 23 heavy (non-hydrogen) atoms. The molecule has 1 unspecified atom stereocenters. The molecule has 1 aromatic carbocycles. The summed E-state index contributed by atoms with van der Waals surface area (Å²) in [5.74, 6) is -0.821. The number of rotatable bonds is 6. The van der Waals surface area contributed by atoms with Crippen molar-refractivity contribution in [3.8, 4) is 0 Å². The van der Waals surface area contributed by atoms with Crippen LogP contribution in [0.15, 0.2) is 41.8 Å². The van der Waals surface area contributed by atoms with Gasteiger partial charge in [-0.3, -0.25) is 4.79 Å². The maximum atomic E-state index is 11.9. The number of ether oxygens (including phenoxy) is 1. The number of amides is 1. The van der Waals surface area contributed by atoms with Gasteiger partial charge in [0.05, 0.1) is 11.6 Å². The molecule has 1 atom stereocenters. The van der Waals surface area contributed by atoms with Gasteiger partial charge in [-0.25, -0.2) is 4.79 Å². The number of thiophene rings is 1. The van der Waals surface area contributed by atoms with Gasteiger partial charge in [0, 0.05) is 24.7 Å². The second kappa shape index (κ2) is 7.78. The van der Waals surface area contributed by atoms with Gasteiger partial charge in [-0.1, -0.05) is 6.07 Å². The van der Waals surface area contributed by atoms with Gasteiger partial charge in [-0.05, 0) is 42.6 Å². The average molecular weight is 332 g/mol. The van der Waals surface area contributed by atoms with Crippen LogP contribution < -0.4 is 10.2 Å². The zero-order valence-electron chi connectivity index (χ0n) is 13.4. The number of anilines is 1. The molecule has 0 aliphatic rings. The van der Waals surface area contributed by atoms with E-state index in [1.54, 1.807) is 23.5 Å². The monoisotopic (exact) mass is 332 g/mol. The molecule has 5 nitrogen and oxygen atoms in total. The molecule has 1 aromatic heterocycles. The quantitative estimate of drug-likeness (QED) is 0.827. The van der Waals surface area contributed by atoms with E-state index in [2.05, 4.69) is 5.32 Å². The number of nitrogens with zero attached hydrogens (tertiary/aromatic N) is 1. The highest BCUT2D eigenvalue weighted by Gasteiger charge is 2.13. The van der Waals surface area contributed by atoms with Crippen molar-refractivity contribution >= 4 is 28.9 Å². The molecule has 6 heteroatoms. The highest BCUT2D eigenvalue weighted by Crippen LogP contribution is 2.18. The van der Waals surface area contributed by atoms with E-state index in [0.717, 1.165) is 10.6 Å². The highest BCUT2D eigenvalue weighted by molar-refractivity contribution is 7.10. The zero-order chi connectivity index (χ0) is 16.8. The molecule has 2 aromatic rings. The molecule has 1 heterocycles. The fourth-order valence-electron chi connectivity index (χ4n) is 2.00. The van der Waals surface area contributed by atoms with Crippen LogP contribution in [0.1, 0.15) is 28.2 Å². The summed E-state index contributed by atoms with van der Waals surface area (Å²) in [6.45, 7) is 1.61. The number of hydrogen-bond acceptors (Lipinski definition) is 5. The van der Waals surface area contributed by atoms with Crippen LogP contribution in [0.2, 0.25) is 0 Å². The minimum Gasteiger partial charge on any atom is -0.452 e. The molecule has 0 saturated heterocycles. The molecule has 0 aliphatic heterocycles. The molecular formula is C17H20N2O3S. The summed E-state index contributed by atoms with van der Waals surface area (Å²) in [5, 5.41) is 4.75. The van der Waals surface area contributed by atoms with Crippen molar-refractivity contribution in [2.24, 2.45) is 0 Å². The fourth-order valence-corrected chi connectivity index (χ4v) is 2.74. The molecule has 2 rings (SSSR count). The molecule has 0 spiro atoms. The number of nitrogens with one attached hydrogen (secondary N) is 1. The summed E-state index contributed by atoms with van der Waals surface area (Å²) < 4.78 is 5.05. The van der Waals surface area contributed by atoms with Crippen molar-refractivity contribution in [2.45, 2.75) is 13.0 Å². The van der Waals surface area contributed by atoms with Gasteiger partial charge in [0.1, 0.15) is 0 Å². The Morgan fingerprint density at radius 2 is 1.91 bits per heavy atom. The van der Waals surface area contributed by atoms with E-state index < -0.39 is 5.97 Å². The van der Waals surface area contributed by atoms with Gasteiger partial charge in [0.2, 0.25) is 0 Å². The molecule has 1 amide bonds. The SMILES string of the molecule is CC(NC(=O)COC(=O)c1ccc(N(C)C)cc1)c1cccs1. The Kier molecular flexibility index (Phi) is 5.76. The smallest absolute Gasteiger partial charge is 0.338 e. The van der Waals surface area contributed by atoms with Crippen LogP contribution in [0.4, 0.5) is 5.69 Å². The van der Waals surface area contributed by atoms with Crippen LogP contribution in [0.3, 0.4) is 0 Å². The lowest BCUT2D eigenvalue weighted by Crippen LogP contribution is -2.30. The molecule has 122 valence electrons. The van der Waals surface area contributed by atoms with Gasteiger partial charge in [-0.15, -0.1) is 11.3 Å². The lowest BCUT2D eigenvalue weighted by atomic mass is 10.2. The first-order valence-electron chi connectivity index (χ1n) is 7.24. The van der Waals surface area contributed by atoms with Gasteiger partial charge >= 0.3 is 5.97 Å². The van der Waals surface area contributed by atoms with Crippen molar-refractivity contribution in [1.82, 2.24) is 5.32 Å². The Morgan fingerprint density at radius 3 is 2.48 bits per heavy atom. The Hall–Kier alpha value is -2.34. The predicted octanol–water partition coefficient (Wildman–Crippen LogP) is 2.85. The summed E-state index contributed by atoms with van der Waals surface area (Å²) in [6, 6.07) is 10.8. The third-order valence-corrected chi connectivity index (χ3v) is 4.36. The Bertz CT molecular complexity index is 651. The molecule has 0 bridgehead atoms. The lowest BCUT2D eigenvalue weighted by molar-refractivity contribution is -0.124. The van der Waals surface area contributed by atoms with E-state index >= 15 is 0 Å². The molecule has 1 N–H and O–H groups in total. The molecule has 0 fully saturated rings. The van der Waals surface area contributed by atoms with E-state index in [-0.39, 0.29) is 18.6 Å². The first-order valence-corrected chi connectivity index (χ1v) is 8.12. The Balaban J connectivity index is 1.82. The summed E-state index contributed by atoms with van der Waals surface area (Å²) >= 11 is 1.57. The van der Waals surface area contributed by atoms with E-state index in [9.17, 15) is 9.59 Å². The van der Waals surface area contributed by atoms with E-state index in [0.29, 0.717) is 5.56 Å². The highest BCUT2D eigenvalue weighted by atomic mass is 32.1. The molecular weight excluding hydrogens is 312 g/mol. The maximum Gasteiger partial charge on any atom is 0.338 e. The Morgan fingerprint density at radius 1 is 1.22 bits per heavy atom. The van der Waals surface area contributed by atoms with Gasteiger partial charge in [0.15, 0.2) is 6.61 Å². The van der Waals surface area contributed by atoms with Crippen molar-refractivity contribution in [3.05, 3.63) is 52.2 Å². The van der Waals surface area contributed by atoms with Crippen LogP contribution in [0.5, 0.6) is 0 Å². The first-order chi connectivity index (χ1) is 11.0. The summed E-state index contributed by atoms with van der Waals surface area (Å²) in [7, 11) is 3.85. The van der Waals surface area contributed by atoms with Crippen molar-refractivity contribution < 1.29 is 14.3 Å². The Labute approximate surface area is 139 Å². The predicted molar refractivity (Wildman–Crippen MR) is 91.9 cm³/mol. The molecule has 0 aliphatic carbocycles. The normalized spacial score (nSPS) is 11.6. The van der Waals surface area contributed by atoms with Crippen LogP contribution in [0.25, 0.3) is 0 Å². The number of carbonyl (C=O) groups excluding carboxylic acids is 2. The van der Waals surface area contributed by atoms with Crippen molar-refractivity contribution in [2.75, 3.05) is 25.6 Å². The van der Waals surface area contributed by atoms with Crippen LogP contribution in [-0.2, 0) is 9.53 Å².